The molecule has 0 fully saturated rings. The number of Topliss-reactive ketones (excluding diaryl/α,β-unsaturated/α-hetero) is 1. The number of carbonyl (C=O) groups is 2. The number of ketones is 1. The lowest BCUT2D eigenvalue weighted by atomic mass is 10.0. The van der Waals surface area contributed by atoms with Crippen LogP contribution in [0.5, 0.6) is 0 Å². The van der Waals surface area contributed by atoms with E-state index in [2.05, 4.69) is 13.8 Å². The van der Waals surface area contributed by atoms with Crippen molar-refractivity contribution in [3.63, 3.8) is 0 Å². The van der Waals surface area contributed by atoms with E-state index in [1.165, 1.54) is 0 Å². The van der Waals surface area contributed by atoms with Gasteiger partial charge in [-0.3, -0.25) is 4.79 Å². The number of rotatable bonds is 7. The van der Waals surface area contributed by atoms with Crippen molar-refractivity contribution >= 4 is 11.8 Å². The van der Waals surface area contributed by atoms with E-state index in [4.69, 9.17) is 4.74 Å². The standard InChI is InChI=1S/C17H24O3/c1-12(2)5-10-16(18)14-6-8-15(9-7-14)17(19)20-11-13(3)4/h6-9,12-13H,5,10-11H2,1-4H3. The molecule has 0 heterocycles. The van der Waals surface area contributed by atoms with Crippen molar-refractivity contribution < 1.29 is 14.3 Å². The van der Waals surface area contributed by atoms with Crippen LogP contribution in [0.3, 0.4) is 0 Å². The summed E-state index contributed by atoms with van der Waals surface area (Å²) in [5.41, 5.74) is 1.15. The van der Waals surface area contributed by atoms with Crippen molar-refractivity contribution in [3.8, 4) is 0 Å². The number of benzene rings is 1. The Kier molecular flexibility index (Phi) is 6.43. The van der Waals surface area contributed by atoms with Gasteiger partial charge in [0.25, 0.3) is 0 Å². The van der Waals surface area contributed by atoms with Crippen molar-refractivity contribution in [1.29, 1.82) is 0 Å². The molecular weight excluding hydrogens is 252 g/mol. The molecule has 1 aromatic rings. The summed E-state index contributed by atoms with van der Waals surface area (Å²) >= 11 is 0. The lowest BCUT2D eigenvalue weighted by Gasteiger charge is -2.08. The fourth-order valence-electron chi connectivity index (χ4n) is 1.68. The van der Waals surface area contributed by atoms with Gasteiger partial charge in [-0.25, -0.2) is 4.79 Å². The zero-order valence-corrected chi connectivity index (χ0v) is 12.8. The first-order valence-corrected chi connectivity index (χ1v) is 7.20. The van der Waals surface area contributed by atoms with E-state index in [-0.39, 0.29) is 11.8 Å². The van der Waals surface area contributed by atoms with Gasteiger partial charge in [-0.2, -0.15) is 0 Å². The van der Waals surface area contributed by atoms with Crippen molar-refractivity contribution in [2.24, 2.45) is 11.8 Å². The summed E-state index contributed by atoms with van der Waals surface area (Å²) < 4.78 is 5.14. The number of hydrogen-bond acceptors (Lipinski definition) is 3. The second kappa shape index (κ2) is 7.83. The van der Waals surface area contributed by atoms with Gasteiger partial charge in [0.1, 0.15) is 0 Å². The Balaban J connectivity index is 2.59. The lowest BCUT2D eigenvalue weighted by Crippen LogP contribution is -2.10. The Bertz CT molecular complexity index is 401. The van der Waals surface area contributed by atoms with Gasteiger partial charge in [-0.15, -0.1) is 0 Å². The fourth-order valence-corrected chi connectivity index (χ4v) is 1.68. The third-order valence-electron chi connectivity index (χ3n) is 2.94. The van der Waals surface area contributed by atoms with Gasteiger partial charge in [-0.05, 0) is 30.4 Å². The predicted molar refractivity (Wildman–Crippen MR) is 80.0 cm³/mol. The highest BCUT2D eigenvalue weighted by Crippen LogP contribution is 2.12. The van der Waals surface area contributed by atoms with E-state index in [9.17, 15) is 9.59 Å². The van der Waals surface area contributed by atoms with Crippen LogP contribution in [0, 0.1) is 11.8 Å². The van der Waals surface area contributed by atoms with Gasteiger partial charge in [-0.1, -0.05) is 39.8 Å². The van der Waals surface area contributed by atoms with Crippen LogP contribution in [0.25, 0.3) is 0 Å². The third kappa shape index (κ3) is 5.55. The topological polar surface area (TPSA) is 43.4 Å². The average Bonchev–Trinajstić information content (AvgIpc) is 2.42. The first-order chi connectivity index (χ1) is 9.40. The Labute approximate surface area is 121 Å². The van der Waals surface area contributed by atoms with Gasteiger partial charge in [0.15, 0.2) is 5.78 Å². The fraction of sp³-hybridized carbons (Fsp3) is 0.529. The predicted octanol–water partition coefficient (Wildman–Crippen LogP) is 4.12. The first kappa shape index (κ1) is 16.4. The van der Waals surface area contributed by atoms with Crippen LogP contribution in [0.1, 0.15) is 61.3 Å². The second-order valence-corrected chi connectivity index (χ2v) is 5.93. The highest BCUT2D eigenvalue weighted by molar-refractivity contribution is 5.97. The summed E-state index contributed by atoms with van der Waals surface area (Å²) in [6, 6.07) is 6.72. The van der Waals surface area contributed by atoms with E-state index in [0.717, 1.165) is 6.42 Å². The molecule has 0 bridgehead atoms. The zero-order chi connectivity index (χ0) is 15.1. The van der Waals surface area contributed by atoms with Crippen molar-refractivity contribution in [1.82, 2.24) is 0 Å². The van der Waals surface area contributed by atoms with Gasteiger partial charge < -0.3 is 4.74 Å². The Morgan fingerprint density at radius 2 is 1.50 bits per heavy atom. The van der Waals surface area contributed by atoms with Crippen molar-refractivity contribution in [3.05, 3.63) is 35.4 Å². The van der Waals surface area contributed by atoms with Crippen LogP contribution in [0.2, 0.25) is 0 Å². The molecule has 110 valence electrons. The summed E-state index contributed by atoms with van der Waals surface area (Å²) in [7, 11) is 0. The maximum atomic E-state index is 11.9. The summed E-state index contributed by atoms with van der Waals surface area (Å²) in [5, 5.41) is 0. The van der Waals surface area contributed by atoms with E-state index >= 15 is 0 Å². The summed E-state index contributed by atoms with van der Waals surface area (Å²) in [6.45, 7) is 8.59. The molecule has 0 aliphatic carbocycles. The monoisotopic (exact) mass is 276 g/mol. The average molecular weight is 276 g/mol. The summed E-state index contributed by atoms with van der Waals surface area (Å²) in [5.74, 6) is 0.626. The minimum Gasteiger partial charge on any atom is -0.462 e. The highest BCUT2D eigenvalue weighted by atomic mass is 16.5. The molecule has 0 N–H and O–H groups in total. The van der Waals surface area contributed by atoms with Gasteiger partial charge in [0, 0.05) is 12.0 Å². The van der Waals surface area contributed by atoms with E-state index in [0.29, 0.717) is 36.0 Å². The molecule has 0 spiro atoms. The van der Waals surface area contributed by atoms with Crippen LogP contribution in [-0.4, -0.2) is 18.4 Å². The molecule has 1 rings (SSSR count). The quantitative estimate of drug-likeness (QED) is 0.556. The summed E-state index contributed by atoms with van der Waals surface area (Å²) in [4.78, 5) is 23.7. The molecular formula is C17H24O3. The number of esters is 1. The summed E-state index contributed by atoms with van der Waals surface area (Å²) in [6.07, 6.45) is 1.44. The second-order valence-electron chi connectivity index (χ2n) is 5.93. The molecule has 20 heavy (non-hydrogen) atoms. The molecule has 0 saturated heterocycles. The van der Waals surface area contributed by atoms with Crippen LogP contribution in [0.4, 0.5) is 0 Å². The maximum Gasteiger partial charge on any atom is 0.338 e. The van der Waals surface area contributed by atoms with Crippen LogP contribution in [0.15, 0.2) is 24.3 Å². The number of carbonyl (C=O) groups excluding carboxylic acids is 2. The van der Waals surface area contributed by atoms with Crippen molar-refractivity contribution in [2.75, 3.05) is 6.61 Å². The Morgan fingerprint density at radius 1 is 0.950 bits per heavy atom. The minimum absolute atomic E-state index is 0.126. The van der Waals surface area contributed by atoms with E-state index < -0.39 is 0 Å². The van der Waals surface area contributed by atoms with E-state index in [1.807, 2.05) is 13.8 Å². The van der Waals surface area contributed by atoms with Gasteiger partial charge in [0.05, 0.1) is 12.2 Å². The smallest absolute Gasteiger partial charge is 0.338 e. The minimum atomic E-state index is -0.333. The zero-order valence-electron chi connectivity index (χ0n) is 12.8. The molecule has 0 radical (unpaired) electrons. The van der Waals surface area contributed by atoms with Crippen LogP contribution in [-0.2, 0) is 4.74 Å². The number of ether oxygens (including phenoxy) is 1. The van der Waals surface area contributed by atoms with Crippen LogP contribution >= 0.6 is 0 Å². The molecule has 0 aliphatic heterocycles. The molecule has 0 saturated carbocycles. The maximum absolute atomic E-state index is 11.9. The van der Waals surface area contributed by atoms with Gasteiger partial charge >= 0.3 is 5.97 Å². The first-order valence-electron chi connectivity index (χ1n) is 7.20. The SMILES string of the molecule is CC(C)CCC(=O)c1ccc(C(=O)OCC(C)C)cc1. The Morgan fingerprint density at radius 3 is 2.00 bits per heavy atom. The number of hydrogen-bond donors (Lipinski definition) is 0. The normalized spacial score (nSPS) is 10.9. The molecule has 1 aromatic carbocycles. The van der Waals surface area contributed by atoms with Gasteiger partial charge in [0.2, 0.25) is 0 Å². The highest BCUT2D eigenvalue weighted by Gasteiger charge is 2.11. The Hall–Kier alpha value is -1.64. The molecule has 0 amide bonds. The largest absolute Gasteiger partial charge is 0.462 e. The molecule has 0 aromatic heterocycles. The van der Waals surface area contributed by atoms with Crippen LogP contribution < -0.4 is 0 Å². The molecule has 0 unspecified atom stereocenters. The third-order valence-corrected chi connectivity index (χ3v) is 2.94. The lowest BCUT2D eigenvalue weighted by molar-refractivity contribution is 0.0458. The van der Waals surface area contributed by atoms with E-state index in [1.54, 1.807) is 24.3 Å². The molecule has 0 aliphatic rings. The van der Waals surface area contributed by atoms with Crippen molar-refractivity contribution in [2.45, 2.75) is 40.5 Å². The molecule has 3 nitrogen and oxygen atoms in total. The molecule has 3 heteroatoms. The molecule has 0 atom stereocenters.